The van der Waals surface area contributed by atoms with Crippen molar-refractivity contribution in [1.82, 2.24) is 5.32 Å². The molecule has 17 heavy (non-hydrogen) atoms. The van der Waals surface area contributed by atoms with Gasteiger partial charge in [-0.1, -0.05) is 29.3 Å². The van der Waals surface area contributed by atoms with Crippen LogP contribution in [0.1, 0.15) is 29.7 Å². The second-order valence-electron chi connectivity index (χ2n) is 4.66. The van der Waals surface area contributed by atoms with Gasteiger partial charge in [-0.3, -0.25) is 0 Å². The maximum atomic E-state index is 9.57. The zero-order valence-corrected chi connectivity index (χ0v) is 11.2. The van der Waals surface area contributed by atoms with E-state index in [1.165, 1.54) is 16.7 Å². The minimum Gasteiger partial charge on any atom is -0.389 e. The smallest absolute Gasteiger partial charge is 0.0897 e. The summed E-state index contributed by atoms with van der Waals surface area (Å²) in [6, 6.07) is 6.75. The molecule has 0 amide bonds. The molecule has 1 rings (SSSR count). The van der Waals surface area contributed by atoms with E-state index in [1.54, 1.807) is 7.11 Å². The summed E-state index contributed by atoms with van der Waals surface area (Å²) < 4.78 is 4.89. The number of aliphatic hydroxyl groups is 1. The van der Waals surface area contributed by atoms with E-state index in [0.29, 0.717) is 13.2 Å². The Morgan fingerprint density at radius 2 is 1.82 bits per heavy atom. The van der Waals surface area contributed by atoms with Crippen molar-refractivity contribution in [3.63, 3.8) is 0 Å². The van der Waals surface area contributed by atoms with Crippen LogP contribution in [0.2, 0.25) is 0 Å². The molecule has 3 heteroatoms. The first kappa shape index (κ1) is 14.2. The first-order valence-corrected chi connectivity index (χ1v) is 6.01. The van der Waals surface area contributed by atoms with Crippen molar-refractivity contribution in [2.45, 2.75) is 32.9 Å². The van der Waals surface area contributed by atoms with Crippen LogP contribution < -0.4 is 5.32 Å². The van der Waals surface area contributed by atoms with Gasteiger partial charge in [0, 0.05) is 19.7 Å². The van der Waals surface area contributed by atoms with Crippen LogP contribution in [0.15, 0.2) is 18.2 Å². The summed E-state index contributed by atoms with van der Waals surface area (Å²) in [5.41, 5.74) is 3.80. The molecule has 2 N–H and O–H groups in total. The number of aryl methyl sites for hydroxylation is 2. The second kappa shape index (κ2) is 6.74. The Bertz CT molecular complexity index is 332. The largest absolute Gasteiger partial charge is 0.389 e. The summed E-state index contributed by atoms with van der Waals surface area (Å²) in [5, 5.41) is 12.9. The molecule has 2 unspecified atom stereocenters. The average Bonchev–Trinajstić information content (AvgIpc) is 2.25. The summed E-state index contributed by atoms with van der Waals surface area (Å²) in [4.78, 5) is 0. The van der Waals surface area contributed by atoms with Crippen molar-refractivity contribution >= 4 is 0 Å². The number of hydrogen-bond acceptors (Lipinski definition) is 3. The average molecular weight is 237 g/mol. The maximum Gasteiger partial charge on any atom is 0.0897 e. The van der Waals surface area contributed by atoms with E-state index in [1.807, 2.05) is 0 Å². The minimum atomic E-state index is -0.451. The lowest BCUT2D eigenvalue weighted by atomic mass is 10.0. The zero-order valence-electron chi connectivity index (χ0n) is 11.2. The van der Waals surface area contributed by atoms with Crippen LogP contribution in [0.4, 0.5) is 0 Å². The molecule has 96 valence electrons. The Labute approximate surface area is 104 Å². The number of nitrogens with one attached hydrogen (secondary N) is 1. The Morgan fingerprint density at radius 3 is 2.35 bits per heavy atom. The third kappa shape index (κ3) is 4.86. The quantitative estimate of drug-likeness (QED) is 0.794. The fourth-order valence-electron chi connectivity index (χ4n) is 1.94. The lowest BCUT2D eigenvalue weighted by molar-refractivity contribution is 0.0630. The first-order chi connectivity index (χ1) is 8.02. The fourth-order valence-corrected chi connectivity index (χ4v) is 1.94. The van der Waals surface area contributed by atoms with E-state index in [-0.39, 0.29) is 6.04 Å². The number of rotatable bonds is 6. The summed E-state index contributed by atoms with van der Waals surface area (Å²) in [5.74, 6) is 0. The van der Waals surface area contributed by atoms with Crippen LogP contribution in [0.25, 0.3) is 0 Å². The number of hydrogen-bond donors (Lipinski definition) is 2. The molecule has 0 aliphatic heterocycles. The van der Waals surface area contributed by atoms with Gasteiger partial charge in [0.25, 0.3) is 0 Å². The Balaban J connectivity index is 2.54. The molecule has 0 aliphatic carbocycles. The van der Waals surface area contributed by atoms with Crippen LogP contribution in [0, 0.1) is 13.8 Å². The molecule has 0 aromatic heterocycles. The summed E-state index contributed by atoms with van der Waals surface area (Å²) in [6.07, 6.45) is -0.451. The molecule has 0 saturated heterocycles. The van der Waals surface area contributed by atoms with Crippen molar-refractivity contribution in [2.24, 2.45) is 0 Å². The number of methoxy groups -OCH3 is 1. The molecule has 0 heterocycles. The molecule has 1 aromatic rings. The normalized spacial score (nSPS) is 14.6. The van der Waals surface area contributed by atoms with E-state index in [0.717, 1.165) is 0 Å². The third-order valence-electron chi connectivity index (χ3n) is 2.76. The minimum absolute atomic E-state index is 0.236. The fraction of sp³-hybridized carbons (Fsp3) is 0.571. The van der Waals surface area contributed by atoms with Gasteiger partial charge in [0.15, 0.2) is 0 Å². The van der Waals surface area contributed by atoms with Crippen LogP contribution in [0.5, 0.6) is 0 Å². The standard InChI is InChI=1S/C14H23NO2/c1-10-5-11(2)7-13(6-10)12(3)15-8-14(16)9-17-4/h5-7,12,14-16H,8-9H2,1-4H3. The molecule has 1 aromatic carbocycles. The molecular formula is C14H23NO2. The number of aliphatic hydroxyl groups excluding tert-OH is 1. The van der Waals surface area contributed by atoms with E-state index in [9.17, 15) is 5.11 Å². The van der Waals surface area contributed by atoms with Crippen LogP contribution in [0.3, 0.4) is 0 Å². The Kier molecular flexibility index (Phi) is 5.62. The summed E-state index contributed by atoms with van der Waals surface area (Å²) in [6.45, 7) is 7.22. The highest BCUT2D eigenvalue weighted by Gasteiger charge is 2.09. The van der Waals surface area contributed by atoms with Gasteiger partial charge in [-0.15, -0.1) is 0 Å². The molecular weight excluding hydrogens is 214 g/mol. The molecule has 0 fully saturated rings. The van der Waals surface area contributed by atoms with E-state index in [4.69, 9.17) is 4.74 Å². The van der Waals surface area contributed by atoms with Crippen molar-refractivity contribution in [2.75, 3.05) is 20.3 Å². The Morgan fingerprint density at radius 1 is 1.24 bits per heavy atom. The summed E-state index contributed by atoms with van der Waals surface area (Å²) in [7, 11) is 1.59. The van der Waals surface area contributed by atoms with Crippen molar-refractivity contribution in [3.05, 3.63) is 34.9 Å². The molecule has 0 saturated carbocycles. The van der Waals surface area contributed by atoms with Gasteiger partial charge in [0.2, 0.25) is 0 Å². The van der Waals surface area contributed by atoms with Gasteiger partial charge < -0.3 is 15.2 Å². The van der Waals surface area contributed by atoms with Crippen molar-refractivity contribution in [1.29, 1.82) is 0 Å². The second-order valence-corrected chi connectivity index (χ2v) is 4.66. The van der Waals surface area contributed by atoms with Crippen LogP contribution in [-0.4, -0.2) is 31.5 Å². The molecule has 0 bridgehead atoms. The monoisotopic (exact) mass is 237 g/mol. The first-order valence-electron chi connectivity index (χ1n) is 6.01. The molecule has 3 nitrogen and oxygen atoms in total. The molecule has 2 atom stereocenters. The van der Waals surface area contributed by atoms with Gasteiger partial charge in [-0.25, -0.2) is 0 Å². The zero-order chi connectivity index (χ0) is 12.8. The highest BCUT2D eigenvalue weighted by Crippen LogP contribution is 2.16. The van der Waals surface area contributed by atoms with Gasteiger partial charge in [-0.2, -0.15) is 0 Å². The summed E-state index contributed by atoms with van der Waals surface area (Å²) >= 11 is 0. The van der Waals surface area contributed by atoms with E-state index >= 15 is 0 Å². The van der Waals surface area contributed by atoms with Gasteiger partial charge >= 0.3 is 0 Å². The highest BCUT2D eigenvalue weighted by molar-refractivity contribution is 5.30. The molecule has 0 spiro atoms. The SMILES string of the molecule is COCC(O)CNC(C)c1cc(C)cc(C)c1. The Hall–Kier alpha value is -0.900. The van der Waals surface area contributed by atoms with Crippen LogP contribution in [-0.2, 0) is 4.74 Å². The topological polar surface area (TPSA) is 41.5 Å². The third-order valence-corrected chi connectivity index (χ3v) is 2.76. The number of benzene rings is 1. The van der Waals surface area contributed by atoms with Crippen LogP contribution >= 0.6 is 0 Å². The van der Waals surface area contributed by atoms with Crippen molar-refractivity contribution in [3.8, 4) is 0 Å². The van der Waals surface area contributed by atoms with Crippen molar-refractivity contribution < 1.29 is 9.84 Å². The predicted molar refractivity (Wildman–Crippen MR) is 70.2 cm³/mol. The van der Waals surface area contributed by atoms with Gasteiger partial charge in [0.05, 0.1) is 12.7 Å². The number of ether oxygens (including phenoxy) is 1. The lowest BCUT2D eigenvalue weighted by Gasteiger charge is -2.18. The molecule has 0 radical (unpaired) electrons. The van der Waals surface area contributed by atoms with E-state index in [2.05, 4.69) is 44.3 Å². The maximum absolute atomic E-state index is 9.57. The predicted octanol–water partition coefficient (Wildman–Crippen LogP) is 1.96. The highest BCUT2D eigenvalue weighted by atomic mass is 16.5. The molecule has 0 aliphatic rings. The van der Waals surface area contributed by atoms with Gasteiger partial charge in [-0.05, 0) is 26.3 Å². The van der Waals surface area contributed by atoms with E-state index < -0.39 is 6.10 Å². The van der Waals surface area contributed by atoms with Gasteiger partial charge in [0.1, 0.15) is 0 Å². The lowest BCUT2D eigenvalue weighted by Crippen LogP contribution is -2.31.